The van der Waals surface area contributed by atoms with E-state index in [2.05, 4.69) is 5.32 Å². The summed E-state index contributed by atoms with van der Waals surface area (Å²) in [4.78, 5) is 10.2. The summed E-state index contributed by atoms with van der Waals surface area (Å²) in [5.74, 6) is -2.60. The Hall–Kier alpha value is -1.56. The van der Waals surface area contributed by atoms with Crippen LogP contribution in [-0.2, 0) is 14.6 Å². The molecule has 0 aliphatic carbocycles. The minimum Gasteiger partial charge on any atom is -0.549 e. The van der Waals surface area contributed by atoms with Crippen molar-refractivity contribution in [2.75, 3.05) is 18.1 Å². The molecule has 0 saturated carbocycles. The Morgan fingerprint density at radius 2 is 1.87 bits per heavy atom. The van der Waals surface area contributed by atoms with E-state index in [-0.39, 0.29) is 4.90 Å². The molecular weight excluding hydrogens is 218 g/mol. The van der Waals surface area contributed by atoms with Gasteiger partial charge in [0, 0.05) is 12.7 Å². The van der Waals surface area contributed by atoms with Gasteiger partial charge < -0.3 is 15.2 Å². The molecule has 0 fully saturated rings. The van der Waals surface area contributed by atoms with Gasteiger partial charge in [0.2, 0.25) is 0 Å². The number of carbonyl (C=O) groups is 1. The van der Waals surface area contributed by atoms with E-state index in [0.29, 0.717) is 0 Å². The van der Waals surface area contributed by atoms with Gasteiger partial charge in [0.15, 0.2) is 9.84 Å². The molecule has 5 nitrogen and oxygen atoms in total. The van der Waals surface area contributed by atoms with Gasteiger partial charge in [-0.2, -0.15) is 0 Å². The maximum absolute atomic E-state index is 11.4. The molecule has 0 aliphatic heterocycles. The molecule has 1 rings (SSSR count). The normalized spacial score (nSPS) is 11.0. The summed E-state index contributed by atoms with van der Waals surface area (Å²) in [5.41, 5.74) is 0.752. The van der Waals surface area contributed by atoms with Crippen LogP contribution in [-0.4, -0.2) is 27.2 Å². The monoisotopic (exact) mass is 228 g/mol. The smallest absolute Gasteiger partial charge is 0.183 e. The number of hydrogen-bond donors (Lipinski definition) is 1. The maximum Gasteiger partial charge on any atom is 0.183 e. The number of carboxylic acid groups (broad SMARTS) is 1. The molecule has 1 aromatic rings. The maximum atomic E-state index is 11.4. The van der Waals surface area contributed by atoms with Crippen molar-refractivity contribution in [2.45, 2.75) is 4.90 Å². The molecule has 0 heterocycles. The molecule has 0 amide bonds. The zero-order valence-electron chi connectivity index (χ0n) is 8.06. The van der Waals surface area contributed by atoms with Crippen LogP contribution in [0, 0.1) is 0 Å². The van der Waals surface area contributed by atoms with Gasteiger partial charge in [0.1, 0.15) is 0 Å². The first kappa shape index (κ1) is 11.5. The first-order valence-electron chi connectivity index (χ1n) is 4.16. The van der Waals surface area contributed by atoms with Crippen LogP contribution in [0.15, 0.2) is 29.2 Å². The van der Waals surface area contributed by atoms with Crippen molar-refractivity contribution in [3.8, 4) is 0 Å². The van der Waals surface area contributed by atoms with Crippen LogP contribution in [0.2, 0.25) is 0 Å². The third-order valence-corrected chi connectivity index (χ3v) is 3.42. The second-order valence-electron chi connectivity index (χ2n) is 2.91. The first-order valence-corrected chi connectivity index (χ1v) is 5.81. The zero-order valence-corrected chi connectivity index (χ0v) is 8.87. The topological polar surface area (TPSA) is 86.3 Å². The van der Waals surface area contributed by atoms with E-state index in [4.69, 9.17) is 0 Å². The summed E-state index contributed by atoms with van der Waals surface area (Å²) in [6.07, 6.45) is 0. The Morgan fingerprint density at radius 1 is 1.33 bits per heavy atom. The minimum atomic E-state index is -3.77. The number of anilines is 1. The highest BCUT2D eigenvalue weighted by Gasteiger charge is 2.14. The van der Waals surface area contributed by atoms with Gasteiger partial charge in [-0.3, -0.25) is 0 Å². The summed E-state index contributed by atoms with van der Waals surface area (Å²) in [6.45, 7) is 0. The van der Waals surface area contributed by atoms with E-state index in [1.165, 1.54) is 12.1 Å². The Morgan fingerprint density at radius 3 is 2.27 bits per heavy atom. The highest BCUT2D eigenvalue weighted by Crippen LogP contribution is 2.14. The molecule has 82 valence electrons. The molecule has 0 unspecified atom stereocenters. The van der Waals surface area contributed by atoms with Crippen molar-refractivity contribution >= 4 is 21.5 Å². The van der Waals surface area contributed by atoms with Gasteiger partial charge in [0.05, 0.1) is 16.6 Å². The summed E-state index contributed by atoms with van der Waals surface area (Å²) >= 11 is 0. The predicted octanol–water partition coefficient (Wildman–Crippen LogP) is -0.748. The molecule has 0 aliphatic rings. The van der Waals surface area contributed by atoms with Gasteiger partial charge in [-0.15, -0.1) is 0 Å². The van der Waals surface area contributed by atoms with Crippen LogP contribution in [0.3, 0.4) is 0 Å². The summed E-state index contributed by atoms with van der Waals surface area (Å²) in [6, 6.07) is 5.82. The van der Waals surface area contributed by atoms with E-state index in [1.54, 1.807) is 19.2 Å². The van der Waals surface area contributed by atoms with Crippen LogP contribution >= 0.6 is 0 Å². The Balaban J connectivity index is 3.01. The largest absolute Gasteiger partial charge is 0.549 e. The van der Waals surface area contributed by atoms with Crippen LogP contribution in [0.25, 0.3) is 0 Å². The van der Waals surface area contributed by atoms with Gasteiger partial charge >= 0.3 is 0 Å². The molecule has 0 aromatic heterocycles. The number of carboxylic acids is 1. The summed E-state index contributed by atoms with van der Waals surface area (Å²) < 4.78 is 22.8. The second-order valence-corrected chi connectivity index (χ2v) is 4.90. The zero-order chi connectivity index (χ0) is 11.5. The second kappa shape index (κ2) is 4.31. The Bertz CT molecular complexity index is 450. The molecule has 6 heteroatoms. The highest BCUT2D eigenvalue weighted by atomic mass is 32.2. The van der Waals surface area contributed by atoms with Crippen molar-refractivity contribution in [1.82, 2.24) is 0 Å². The van der Waals surface area contributed by atoms with Crippen molar-refractivity contribution < 1.29 is 18.3 Å². The van der Waals surface area contributed by atoms with Crippen LogP contribution < -0.4 is 10.4 Å². The number of hydrogen-bond acceptors (Lipinski definition) is 5. The lowest BCUT2D eigenvalue weighted by Gasteiger charge is -2.06. The molecule has 0 saturated heterocycles. The molecule has 0 spiro atoms. The third kappa shape index (κ3) is 2.95. The number of carbonyl (C=O) groups excluding carboxylic acids is 1. The van der Waals surface area contributed by atoms with Crippen molar-refractivity contribution in [2.24, 2.45) is 0 Å². The first-order chi connectivity index (χ1) is 6.95. The number of nitrogens with one attached hydrogen (secondary N) is 1. The molecule has 0 bridgehead atoms. The van der Waals surface area contributed by atoms with E-state index >= 15 is 0 Å². The van der Waals surface area contributed by atoms with Gasteiger partial charge in [0.25, 0.3) is 0 Å². The molecule has 1 aromatic carbocycles. The molecule has 15 heavy (non-hydrogen) atoms. The highest BCUT2D eigenvalue weighted by molar-refractivity contribution is 7.92. The lowest BCUT2D eigenvalue weighted by atomic mass is 10.3. The quantitative estimate of drug-likeness (QED) is 0.733. The number of aliphatic carboxylic acids is 1. The standard InChI is InChI=1S/C9H11NO4S/c1-10-7-2-4-8(5-3-7)15(13,14)6-9(11)12/h2-5,10H,6H2,1H3,(H,11,12)/p-1. The SMILES string of the molecule is CNc1ccc(S(=O)(=O)CC(=O)[O-])cc1. The van der Waals surface area contributed by atoms with Crippen molar-refractivity contribution in [3.05, 3.63) is 24.3 Å². The van der Waals surface area contributed by atoms with Crippen LogP contribution in [0.4, 0.5) is 5.69 Å². The fraction of sp³-hybridized carbons (Fsp3) is 0.222. The fourth-order valence-electron chi connectivity index (χ4n) is 1.07. The fourth-order valence-corrected chi connectivity index (χ4v) is 2.10. The Kier molecular flexibility index (Phi) is 3.31. The van der Waals surface area contributed by atoms with E-state index in [1.807, 2.05) is 0 Å². The van der Waals surface area contributed by atoms with E-state index < -0.39 is 21.6 Å². The lowest BCUT2D eigenvalue weighted by Crippen LogP contribution is -2.30. The third-order valence-electron chi connectivity index (χ3n) is 1.81. The van der Waals surface area contributed by atoms with Gasteiger partial charge in [-0.25, -0.2) is 8.42 Å². The number of sulfone groups is 1. The minimum absolute atomic E-state index is 0.0225. The van der Waals surface area contributed by atoms with E-state index in [0.717, 1.165) is 5.69 Å². The van der Waals surface area contributed by atoms with Gasteiger partial charge in [-0.1, -0.05) is 0 Å². The molecule has 0 radical (unpaired) electrons. The molecule has 0 atom stereocenters. The van der Waals surface area contributed by atoms with E-state index in [9.17, 15) is 18.3 Å². The van der Waals surface area contributed by atoms with Crippen molar-refractivity contribution in [1.29, 1.82) is 0 Å². The lowest BCUT2D eigenvalue weighted by molar-refractivity contribution is -0.301. The average Bonchev–Trinajstić information content (AvgIpc) is 2.16. The van der Waals surface area contributed by atoms with Crippen LogP contribution in [0.1, 0.15) is 0 Å². The summed E-state index contributed by atoms with van der Waals surface area (Å²) in [7, 11) is -2.08. The number of benzene rings is 1. The van der Waals surface area contributed by atoms with Crippen molar-refractivity contribution in [3.63, 3.8) is 0 Å². The predicted molar refractivity (Wildman–Crippen MR) is 53.0 cm³/mol. The van der Waals surface area contributed by atoms with Gasteiger partial charge in [-0.05, 0) is 24.3 Å². The number of rotatable bonds is 4. The molecular formula is C9H10NO4S-. The molecule has 1 N–H and O–H groups in total. The van der Waals surface area contributed by atoms with Crippen LogP contribution in [0.5, 0.6) is 0 Å². The average molecular weight is 228 g/mol. The Labute approximate surface area is 87.7 Å². The summed E-state index contributed by atoms with van der Waals surface area (Å²) in [5, 5.41) is 13.0.